The van der Waals surface area contributed by atoms with E-state index in [1.165, 1.54) is 0 Å². The molecule has 1 unspecified atom stereocenters. The van der Waals surface area contributed by atoms with Crippen LogP contribution < -0.4 is 0 Å². The van der Waals surface area contributed by atoms with E-state index in [1.54, 1.807) is 17.8 Å². The first-order valence-corrected chi connectivity index (χ1v) is 6.61. The summed E-state index contributed by atoms with van der Waals surface area (Å²) in [4.78, 5) is 1.03. The molecule has 1 atom stereocenters. The molecular weight excluding hydrogens is 192 g/mol. The fourth-order valence-corrected chi connectivity index (χ4v) is 4.88. The van der Waals surface area contributed by atoms with Crippen LogP contribution in [0.5, 0.6) is 0 Å². The standard InChI is InChI=1S/C8H10O2S2/c9-12(10)6-2-1-3-7-8(12)4-5-11-7/h1-3,8H,4-6H2. The highest BCUT2D eigenvalue weighted by Crippen LogP contribution is 2.36. The predicted octanol–water partition coefficient (Wildman–Crippen LogP) is 1.36. The molecule has 1 fully saturated rings. The van der Waals surface area contributed by atoms with Gasteiger partial charge in [-0.2, -0.15) is 0 Å². The molecule has 0 bridgehead atoms. The van der Waals surface area contributed by atoms with Gasteiger partial charge in [0, 0.05) is 4.91 Å². The molecule has 2 heterocycles. The fraction of sp³-hybridized carbons (Fsp3) is 0.500. The second-order valence-electron chi connectivity index (χ2n) is 2.95. The largest absolute Gasteiger partial charge is 0.228 e. The lowest BCUT2D eigenvalue weighted by Gasteiger charge is -2.08. The Bertz CT molecular complexity index is 338. The minimum atomic E-state index is -2.87. The maximum atomic E-state index is 11.6. The summed E-state index contributed by atoms with van der Waals surface area (Å²) in [5.41, 5.74) is 0. The SMILES string of the molecule is O=S1(=O)CC=CC=C2SCCC21. The first kappa shape index (κ1) is 8.38. The van der Waals surface area contributed by atoms with Gasteiger partial charge in [0.25, 0.3) is 0 Å². The summed E-state index contributed by atoms with van der Waals surface area (Å²) in [6.45, 7) is 0. The van der Waals surface area contributed by atoms with Gasteiger partial charge in [-0.1, -0.05) is 18.2 Å². The third-order valence-electron chi connectivity index (χ3n) is 2.12. The van der Waals surface area contributed by atoms with Crippen molar-refractivity contribution in [1.29, 1.82) is 0 Å². The summed E-state index contributed by atoms with van der Waals surface area (Å²) >= 11 is 1.67. The quantitative estimate of drug-likeness (QED) is 0.595. The molecule has 0 spiro atoms. The highest BCUT2D eigenvalue weighted by Gasteiger charge is 2.33. The van der Waals surface area contributed by atoms with Gasteiger partial charge < -0.3 is 0 Å². The topological polar surface area (TPSA) is 34.1 Å². The Morgan fingerprint density at radius 1 is 1.50 bits per heavy atom. The minimum absolute atomic E-state index is 0.197. The lowest BCUT2D eigenvalue weighted by atomic mass is 10.3. The zero-order valence-electron chi connectivity index (χ0n) is 6.56. The van der Waals surface area contributed by atoms with Crippen LogP contribution in [0.25, 0.3) is 0 Å². The van der Waals surface area contributed by atoms with Crippen LogP contribution >= 0.6 is 11.8 Å². The van der Waals surface area contributed by atoms with Crippen LogP contribution in [-0.4, -0.2) is 25.2 Å². The molecule has 2 nitrogen and oxygen atoms in total. The number of hydrogen-bond donors (Lipinski definition) is 0. The number of fused-ring (bicyclic) bond motifs is 1. The van der Waals surface area contributed by atoms with E-state index in [-0.39, 0.29) is 11.0 Å². The molecule has 0 aromatic carbocycles. The Hall–Kier alpha value is -0.220. The van der Waals surface area contributed by atoms with E-state index in [9.17, 15) is 8.42 Å². The van der Waals surface area contributed by atoms with Crippen LogP contribution in [0.2, 0.25) is 0 Å². The number of sulfone groups is 1. The third-order valence-corrected chi connectivity index (χ3v) is 5.48. The van der Waals surface area contributed by atoms with Gasteiger partial charge in [0.15, 0.2) is 9.84 Å². The van der Waals surface area contributed by atoms with Crippen LogP contribution in [0.4, 0.5) is 0 Å². The number of rotatable bonds is 0. The van der Waals surface area contributed by atoms with E-state index in [2.05, 4.69) is 0 Å². The van der Waals surface area contributed by atoms with Crippen molar-refractivity contribution in [2.75, 3.05) is 11.5 Å². The van der Waals surface area contributed by atoms with Crippen molar-refractivity contribution in [1.82, 2.24) is 0 Å². The molecular formula is C8H10O2S2. The van der Waals surface area contributed by atoms with Crippen LogP contribution in [0.3, 0.4) is 0 Å². The Balaban J connectivity index is 2.45. The highest BCUT2D eigenvalue weighted by atomic mass is 32.2. The Morgan fingerprint density at radius 2 is 2.33 bits per heavy atom. The number of allylic oxidation sites excluding steroid dienone is 2. The predicted molar refractivity (Wildman–Crippen MR) is 51.9 cm³/mol. The van der Waals surface area contributed by atoms with Gasteiger partial charge in [-0.3, -0.25) is 0 Å². The molecule has 0 aromatic heterocycles. The fourth-order valence-electron chi connectivity index (χ4n) is 1.50. The van der Waals surface area contributed by atoms with Gasteiger partial charge in [0.2, 0.25) is 0 Å². The second kappa shape index (κ2) is 2.92. The molecule has 0 saturated carbocycles. The lowest BCUT2D eigenvalue weighted by Crippen LogP contribution is -2.20. The molecule has 66 valence electrons. The van der Waals surface area contributed by atoms with Crippen LogP contribution in [0.15, 0.2) is 23.1 Å². The molecule has 0 amide bonds. The van der Waals surface area contributed by atoms with Crippen LogP contribution in [0, 0.1) is 0 Å². The summed E-state index contributed by atoms with van der Waals surface area (Å²) in [5, 5.41) is -0.197. The number of thioether (sulfide) groups is 1. The molecule has 1 saturated heterocycles. The van der Waals surface area contributed by atoms with E-state index < -0.39 is 9.84 Å². The highest BCUT2D eigenvalue weighted by molar-refractivity contribution is 8.05. The molecule has 2 aliphatic rings. The first-order chi connectivity index (χ1) is 5.70. The van der Waals surface area contributed by atoms with Gasteiger partial charge in [-0.05, 0) is 12.2 Å². The first-order valence-electron chi connectivity index (χ1n) is 3.91. The van der Waals surface area contributed by atoms with Crippen molar-refractivity contribution in [2.45, 2.75) is 11.7 Å². The average Bonchev–Trinajstić information content (AvgIpc) is 2.42. The van der Waals surface area contributed by atoms with E-state index in [4.69, 9.17) is 0 Å². The summed E-state index contributed by atoms with van der Waals surface area (Å²) in [7, 11) is -2.87. The molecule has 0 aromatic rings. The molecule has 2 rings (SSSR count). The summed E-state index contributed by atoms with van der Waals surface area (Å²) in [6, 6.07) is 0. The van der Waals surface area contributed by atoms with E-state index in [0.717, 1.165) is 17.1 Å². The second-order valence-corrected chi connectivity index (χ2v) is 6.35. The summed E-state index contributed by atoms with van der Waals surface area (Å²) < 4.78 is 23.2. The van der Waals surface area contributed by atoms with Crippen molar-refractivity contribution in [3.63, 3.8) is 0 Å². The molecule has 0 N–H and O–H groups in total. The molecule has 12 heavy (non-hydrogen) atoms. The van der Waals surface area contributed by atoms with Gasteiger partial charge in [-0.25, -0.2) is 8.42 Å². The van der Waals surface area contributed by atoms with Crippen molar-refractivity contribution >= 4 is 21.6 Å². The zero-order valence-corrected chi connectivity index (χ0v) is 8.20. The third kappa shape index (κ3) is 1.33. The smallest absolute Gasteiger partial charge is 0.161 e. The van der Waals surface area contributed by atoms with Crippen molar-refractivity contribution in [3.05, 3.63) is 23.1 Å². The van der Waals surface area contributed by atoms with E-state index in [0.29, 0.717) is 0 Å². The van der Waals surface area contributed by atoms with Gasteiger partial charge in [0.05, 0.1) is 11.0 Å². The van der Waals surface area contributed by atoms with Crippen LogP contribution in [0.1, 0.15) is 6.42 Å². The van der Waals surface area contributed by atoms with Crippen molar-refractivity contribution in [2.24, 2.45) is 0 Å². The van der Waals surface area contributed by atoms with Gasteiger partial charge >= 0.3 is 0 Å². The van der Waals surface area contributed by atoms with E-state index in [1.807, 2.05) is 12.2 Å². The van der Waals surface area contributed by atoms with Crippen molar-refractivity contribution in [3.8, 4) is 0 Å². The Labute approximate surface area is 76.7 Å². The lowest BCUT2D eigenvalue weighted by molar-refractivity contribution is 0.590. The zero-order chi connectivity index (χ0) is 8.60. The monoisotopic (exact) mass is 202 g/mol. The Morgan fingerprint density at radius 3 is 3.17 bits per heavy atom. The normalized spacial score (nSPS) is 32.3. The van der Waals surface area contributed by atoms with Gasteiger partial charge in [-0.15, -0.1) is 11.8 Å². The average molecular weight is 202 g/mol. The van der Waals surface area contributed by atoms with E-state index >= 15 is 0 Å². The Kier molecular flexibility index (Phi) is 2.04. The minimum Gasteiger partial charge on any atom is -0.228 e. The maximum Gasteiger partial charge on any atom is 0.161 e. The summed E-state index contributed by atoms with van der Waals surface area (Å²) in [5.74, 6) is 1.15. The summed E-state index contributed by atoms with van der Waals surface area (Å²) in [6.07, 6.45) is 6.31. The molecule has 4 heteroatoms. The van der Waals surface area contributed by atoms with Gasteiger partial charge in [0.1, 0.15) is 0 Å². The molecule has 2 aliphatic heterocycles. The molecule has 0 radical (unpaired) electrons. The molecule has 0 aliphatic carbocycles. The van der Waals surface area contributed by atoms with Crippen molar-refractivity contribution < 1.29 is 8.42 Å². The van der Waals surface area contributed by atoms with Crippen LogP contribution in [-0.2, 0) is 9.84 Å². The number of hydrogen-bond acceptors (Lipinski definition) is 3. The maximum absolute atomic E-state index is 11.6.